The van der Waals surface area contributed by atoms with Gasteiger partial charge in [-0.15, -0.1) is 0 Å². The molecule has 0 spiro atoms. The van der Waals surface area contributed by atoms with E-state index >= 15 is 0 Å². The van der Waals surface area contributed by atoms with Gasteiger partial charge in [0.05, 0.1) is 24.6 Å². The lowest BCUT2D eigenvalue weighted by Gasteiger charge is -2.19. The molecule has 2 heterocycles. The first-order valence-corrected chi connectivity index (χ1v) is 11.3. The molecule has 5 rings (SSSR count). The first-order valence-electron chi connectivity index (χ1n) is 11.3. The Labute approximate surface area is 187 Å². The quantitative estimate of drug-likeness (QED) is 0.289. The Balaban J connectivity index is 1.17. The number of rotatable bonds is 8. The van der Waals surface area contributed by atoms with E-state index in [0.29, 0.717) is 32.1 Å². The van der Waals surface area contributed by atoms with E-state index in [-0.39, 0.29) is 35.5 Å². The van der Waals surface area contributed by atoms with Crippen molar-refractivity contribution < 1.29 is 14.0 Å². The van der Waals surface area contributed by atoms with Gasteiger partial charge in [-0.25, -0.2) is 4.99 Å². The van der Waals surface area contributed by atoms with Gasteiger partial charge in [-0.3, -0.25) is 14.5 Å². The van der Waals surface area contributed by atoms with E-state index < -0.39 is 0 Å². The van der Waals surface area contributed by atoms with Gasteiger partial charge >= 0.3 is 0 Å². The monoisotopic (exact) mass is 432 g/mol. The molecule has 32 heavy (non-hydrogen) atoms. The van der Waals surface area contributed by atoms with E-state index in [0.717, 1.165) is 24.2 Å². The Morgan fingerprint density at radius 2 is 1.69 bits per heavy atom. The summed E-state index contributed by atoms with van der Waals surface area (Å²) in [7, 11) is 0. The average molecular weight is 433 g/mol. The molecule has 2 bridgehead atoms. The van der Waals surface area contributed by atoms with E-state index in [9.17, 15) is 9.59 Å². The molecule has 2 aliphatic carbocycles. The Hall–Kier alpha value is -3.35. The molecule has 4 unspecified atom stereocenters. The van der Waals surface area contributed by atoms with Crippen LogP contribution in [0.3, 0.4) is 0 Å². The van der Waals surface area contributed by atoms with Crippen molar-refractivity contribution >= 4 is 17.8 Å². The molecular formula is C25H28N4O3. The maximum Gasteiger partial charge on any atom is 0.233 e. The minimum absolute atomic E-state index is 0.00722. The van der Waals surface area contributed by atoms with Crippen LogP contribution in [-0.2, 0) is 22.6 Å². The van der Waals surface area contributed by atoms with Crippen LogP contribution in [0.4, 0.5) is 0 Å². The second kappa shape index (κ2) is 9.02. The minimum atomic E-state index is -0.143. The summed E-state index contributed by atoms with van der Waals surface area (Å²) in [5, 5.41) is 6.61. The maximum absolute atomic E-state index is 12.9. The van der Waals surface area contributed by atoms with E-state index in [1.807, 2.05) is 42.5 Å². The number of carbonyl (C=O) groups is 2. The van der Waals surface area contributed by atoms with Crippen LogP contribution in [0.1, 0.15) is 17.7 Å². The van der Waals surface area contributed by atoms with Crippen molar-refractivity contribution in [2.75, 3.05) is 19.6 Å². The molecule has 1 saturated carbocycles. The van der Waals surface area contributed by atoms with Crippen LogP contribution in [0.15, 0.2) is 70.3 Å². The molecule has 166 valence electrons. The average Bonchev–Trinajstić information content (AvgIpc) is 3.60. The SMILES string of the molecule is O=C1C2C3C=CC(C3)C2C(=O)N1CCNC(=NCc1ccccc1)NCCc1ccco1. The highest BCUT2D eigenvalue weighted by atomic mass is 16.3. The summed E-state index contributed by atoms with van der Waals surface area (Å²) in [6, 6.07) is 13.9. The molecule has 7 heteroatoms. The highest BCUT2D eigenvalue weighted by Crippen LogP contribution is 2.52. The second-order valence-electron chi connectivity index (χ2n) is 8.66. The fourth-order valence-corrected chi connectivity index (χ4v) is 5.16. The lowest BCUT2D eigenvalue weighted by molar-refractivity contribution is -0.140. The first kappa shape index (κ1) is 20.5. The van der Waals surface area contributed by atoms with Crippen molar-refractivity contribution in [2.45, 2.75) is 19.4 Å². The van der Waals surface area contributed by atoms with Crippen molar-refractivity contribution in [3.05, 3.63) is 72.2 Å². The maximum atomic E-state index is 12.9. The zero-order chi connectivity index (χ0) is 21.9. The summed E-state index contributed by atoms with van der Waals surface area (Å²) < 4.78 is 5.39. The van der Waals surface area contributed by atoms with Crippen LogP contribution >= 0.6 is 0 Å². The topological polar surface area (TPSA) is 86.9 Å². The number of hydrogen-bond donors (Lipinski definition) is 2. The predicted octanol–water partition coefficient (Wildman–Crippen LogP) is 2.36. The Kier molecular flexibility index (Phi) is 5.79. The molecular weight excluding hydrogens is 404 g/mol. The third-order valence-corrected chi connectivity index (χ3v) is 6.70. The molecule has 1 aromatic carbocycles. The summed E-state index contributed by atoms with van der Waals surface area (Å²) in [6.45, 7) is 2.02. The summed E-state index contributed by atoms with van der Waals surface area (Å²) >= 11 is 0. The molecule has 1 saturated heterocycles. The van der Waals surface area contributed by atoms with Crippen LogP contribution < -0.4 is 10.6 Å². The third-order valence-electron chi connectivity index (χ3n) is 6.70. The number of nitrogens with zero attached hydrogens (tertiary/aromatic N) is 2. The summed E-state index contributed by atoms with van der Waals surface area (Å²) in [4.78, 5) is 31.9. The fraction of sp³-hybridized carbons (Fsp3) is 0.400. The lowest BCUT2D eigenvalue weighted by atomic mass is 9.85. The molecule has 7 nitrogen and oxygen atoms in total. The van der Waals surface area contributed by atoms with E-state index in [1.165, 1.54) is 4.90 Å². The van der Waals surface area contributed by atoms with Crippen LogP contribution in [0.2, 0.25) is 0 Å². The van der Waals surface area contributed by atoms with Gasteiger partial charge in [0.2, 0.25) is 11.8 Å². The molecule has 1 aromatic heterocycles. The number of imide groups is 1. The summed E-state index contributed by atoms with van der Waals surface area (Å²) in [5.74, 6) is 1.74. The molecule has 2 amide bonds. The molecule has 0 radical (unpaired) electrons. The predicted molar refractivity (Wildman–Crippen MR) is 120 cm³/mol. The number of furan rings is 1. The van der Waals surface area contributed by atoms with Crippen LogP contribution in [0, 0.1) is 23.7 Å². The van der Waals surface area contributed by atoms with E-state index in [2.05, 4.69) is 27.8 Å². The Morgan fingerprint density at radius 1 is 0.969 bits per heavy atom. The number of carbonyl (C=O) groups excluding carboxylic acids is 2. The van der Waals surface area contributed by atoms with Crippen molar-refractivity contribution in [1.29, 1.82) is 0 Å². The second-order valence-corrected chi connectivity index (χ2v) is 8.66. The zero-order valence-electron chi connectivity index (χ0n) is 17.9. The van der Waals surface area contributed by atoms with Crippen LogP contribution in [0.25, 0.3) is 0 Å². The Morgan fingerprint density at radius 3 is 2.38 bits per heavy atom. The Bertz CT molecular complexity index is 985. The normalized spacial score (nSPS) is 26.1. The van der Waals surface area contributed by atoms with Crippen LogP contribution in [0.5, 0.6) is 0 Å². The molecule has 2 N–H and O–H groups in total. The van der Waals surface area contributed by atoms with Gasteiger partial charge in [0.1, 0.15) is 5.76 Å². The van der Waals surface area contributed by atoms with Gasteiger partial charge in [0, 0.05) is 26.1 Å². The molecule has 2 aromatic rings. The van der Waals surface area contributed by atoms with Crippen LogP contribution in [-0.4, -0.2) is 42.3 Å². The molecule has 3 aliphatic rings. The fourth-order valence-electron chi connectivity index (χ4n) is 5.16. The van der Waals surface area contributed by atoms with Crippen molar-refractivity contribution in [2.24, 2.45) is 28.7 Å². The summed E-state index contributed by atoms with van der Waals surface area (Å²) in [6.07, 6.45) is 7.60. The molecule has 2 fully saturated rings. The molecule has 4 atom stereocenters. The number of aliphatic imine (C=N–C) groups is 1. The summed E-state index contributed by atoms with van der Waals surface area (Å²) in [5.41, 5.74) is 1.11. The van der Waals surface area contributed by atoms with E-state index in [1.54, 1.807) is 6.26 Å². The van der Waals surface area contributed by atoms with E-state index in [4.69, 9.17) is 4.42 Å². The van der Waals surface area contributed by atoms with Gasteiger partial charge < -0.3 is 15.1 Å². The number of allylic oxidation sites excluding steroid dienone is 2. The zero-order valence-corrected chi connectivity index (χ0v) is 17.9. The highest BCUT2D eigenvalue weighted by Gasteiger charge is 2.58. The van der Waals surface area contributed by atoms with Gasteiger partial charge in [0.15, 0.2) is 5.96 Å². The van der Waals surface area contributed by atoms with Gasteiger partial charge in [-0.2, -0.15) is 0 Å². The number of nitrogens with one attached hydrogen (secondary N) is 2. The molecule has 1 aliphatic heterocycles. The van der Waals surface area contributed by atoms with Crippen molar-refractivity contribution in [3.8, 4) is 0 Å². The number of guanidine groups is 1. The van der Waals surface area contributed by atoms with Crippen molar-refractivity contribution in [1.82, 2.24) is 15.5 Å². The first-order chi connectivity index (χ1) is 15.7. The number of benzene rings is 1. The number of amides is 2. The number of hydrogen-bond acceptors (Lipinski definition) is 4. The van der Waals surface area contributed by atoms with Gasteiger partial charge in [0.25, 0.3) is 0 Å². The third kappa shape index (κ3) is 4.07. The number of likely N-dealkylation sites (tertiary alicyclic amines) is 1. The highest BCUT2D eigenvalue weighted by molar-refractivity contribution is 6.06. The van der Waals surface area contributed by atoms with Gasteiger partial charge in [-0.05, 0) is 36.0 Å². The number of fused-ring (bicyclic) bond motifs is 5. The largest absolute Gasteiger partial charge is 0.469 e. The standard InChI is InChI=1S/C25H28N4O3/c30-23-21-18-8-9-19(15-18)22(21)24(31)29(23)13-12-27-25(26-11-10-20-7-4-14-32-20)28-16-17-5-2-1-3-6-17/h1-9,14,18-19,21-22H,10-13,15-16H2,(H2,26,27,28). The minimum Gasteiger partial charge on any atom is -0.469 e. The smallest absolute Gasteiger partial charge is 0.233 e. The van der Waals surface area contributed by atoms with Crippen molar-refractivity contribution in [3.63, 3.8) is 0 Å². The van der Waals surface area contributed by atoms with Gasteiger partial charge in [-0.1, -0.05) is 42.5 Å². The lowest BCUT2D eigenvalue weighted by Crippen LogP contribution is -2.44.